The van der Waals surface area contributed by atoms with E-state index in [-0.39, 0.29) is 5.91 Å². The van der Waals surface area contributed by atoms with Crippen LogP contribution in [0.15, 0.2) is 48.9 Å². The van der Waals surface area contributed by atoms with Gasteiger partial charge in [-0.1, -0.05) is 17.4 Å². The smallest absolute Gasteiger partial charge is 0.278 e. The lowest BCUT2D eigenvalue weighted by molar-refractivity contribution is 0.0976. The number of fused-ring (bicyclic) bond motifs is 1. The van der Waals surface area contributed by atoms with Crippen molar-refractivity contribution >= 4 is 32.6 Å². The molecule has 0 aliphatic heterocycles. The molecule has 0 bridgehead atoms. The van der Waals surface area contributed by atoms with Gasteiger partial charge in [-0.15, -0.1) is 0 Å². The average Bonchev–Trinajstić information content (AvgIpc) is 3.26. The molecule has 4 aromatic rings. The van der Waals surface area contributed by atoms with Crippen molar-refractivity contribution in [2.24, 2.45) is 7.05 Å². The highest BCUT2D eigenvalue weighted by atomic mass is 32.1. The Morgan fingerprint density at radius 2 is 2.00 bits per heavy atom. The van der Waals surface area contributed by atoms with Crippen LogP contribution in [0, 0.1) is 13.8 Å². The van der Waals surface area contributed by atoms with Crippen molar-refractivity contribution in [2.75, 3.05) is 4.90 Å². The van der Waals surface area contributed by atoms with Gasteiger partial charge in [0.05, 0.1) is 16.8 Å². The molecule has 6 nitrogen and oxygen atoms in total. The number of hydrogen-bond donors (Lipinski definition) is 0. The molecule has 0 saturated heterocycles. The summed E-state index contributed by atoms with van der Waals surface area (Å²) in [7, 11) is 1.76. The number of amides is 1. The number of aromatic nitrogens is 4. The highest BCUT2D eigenvalue weighted by Gasteiger charge is 2.24. The van der Waals surface area contributed by atoms with Crippen molar-refractivity contribution in [3.8, 4) is 0 Å². The second-order valence-corrected chi connectivity index (χ2v) is 7.50. The molecule has 0 atom stereocenters. The third-order valence-electron chi connectivity index (χ3n) is 4.57. The quantitative estimate of drug-likeness (QED) is 0.541. The molecule has 0 fully saturated rings. The highest BCUT2D eigenvalue weighted by Crippen LogP contribution is 2.32. The Balaban J connectivity index is 1.79. The van der Waals surface area contributed by atoms with Crippen LogP contribution in [0.1, 0.15) is 27.2 Å². The summed E-state index contributed by atoms with van der Waals surface area (Å²) in [5, 5.41) is 4.80. The van der Waals surface area contributed by atoms with Gasteiger partial charge in [0.25, 0.3) is 5.91 Å². The maximum atomic E-state index is 13.3. The van der Waals surface area contributed by atoms with Gasteiger partial charge in [0.2, 0.25) is 0 Å². The molecule has 3 heterocycles. The van der Waals surface area contributed by atoms with E-state index in [9.17, 15) is 4.79 Å². The molecule has 0 aliphatic rings. The van der Waals surface area contributed by atoms with E-state index in [1.165, 1.54) is 22.5 Å². The van der Waals surface area contributed by atoms with Crippen LogP contribution >= 0.6 is 11.3 Å². The van der Waals surface area contributed by atoms with Crippen LogP contribution in [0.3, 0.4) is 0 Å². The number of carbonyl (C=O) groups excluding carboxylic acids is 1. The standard InChI is InChI=1S/C20H19N5OS/c1-13-9-16-18(10-14(13)2)27-20(23-16)25(12-15-5-4-7-21-11-15)19(26)17-6-8-22-24(17)3/h4-11H,12H2,1-3H3. The van der Waals surface area contributed by atoms with Crippen LogP contribution in [0.5, 0.6) is 0 Å². The Bertz CT molecular complexity index is 1080. The Labute approximate surface area is 161 Å². The highest BCUT2D eigenvalue weighted by molar-refractivity contribution is 7.22. The predicted molar refractivity (Wildman–Crippen MR) is 107 cm³/mol. The summed E-state index contributed by atoms with van der Waals surface area (Å²) in [6.45, 7) is 4.56. The number of rotatable bonds is 4. The summed E-state index contributed by atoms with van der Waals surface area (Å²) in [6, 6.07) is 9.75. The van der Waals surface area contributed by atoms with Gasteiger partial charge in [-0.25, -0.2) is 4.98 Å². The summed E-state index contributed by atoms with van der Waals surface area (Å²) >= 11 is 1.52. The number of aryl methyl sites for hydroxylation is 3. The maximum absolute atomic E-state index is 13.3. The van der Waals surface area contributed by atoms with Crippen LogP contribution in [0.4, 0.5) is 5.13 Å². The molecule has 3 aromatic heterocycles. The molecule has 27 heavy (non-hydrogen) atoms. The van der Waals surface area contributed by atoms with Gasteiger partial charge in [0, 0.05) is 25.6 Å². The lowest BCUT2D eigenvalue weighted by Gasteiger charge is -2.19. The van der Waals surface area contributed by atoms with E-state index in [1.54, 1.807) is 41.3 Å². The second kappa shape index (κ2) is 6.92. The minimum atomic E-state index is -0.133. The lowest BCUT2D eigenvalue weighted by Crippen LogP contribution is -2.31. The van der Waals surface area contributed by atoms with Crippen LogP contribution in [-0.4, -0.2) is 25.7 Å². The average molecular weight is 377 g/mol. The van der Waals surface area contributed by atoms with Crippen LogP contribution in [0.25, 0.3) is 10.2 Å². The van der Waals surface area contributed by atoms with E-state index in [0.717, 1.165) is 15.8 Å². The Morgan fingerprint density at radius 1 is 1.19 bits per heavy atom. The van der Waals surface area contributed by atoms with Crippen molar-refractivity contribution in [1.29, 1.82) is 0 Å². The fraction of sp³-hybridized carbons (Fsp3) is 0.200. The Hall–Kier alpha value is -3.06. The first-order chi connectivity index (χ1) is 13.0. The zero-order valence-electron chi connectivity index (χ0n) is 15.4. The molecule has 0 N–H and O–H groups in total. The fourth-order valence-corrected chi connectivity index (χ4v) is 3.95. The van der Waals surface area contributed by atoms with E-state index in [2.05, 4.69) is 36.1 Å². The maximum Gasteiger partial charge on any atom is 0.278 e. The van der Waals surface area contributed by atoms with Crippen LogP contribution in [0.2, 0.25) is 0 Å². The van der Waals surface area contributed by atoms with E-state index in [4.69, 9.17) is 4.98 Å². The van der Waals surface area contributed by atoms with Crippen molar-refractivity contribution < 1.29 is 4.79 Å². The van der Waals surface area contributed by atoms with Crippen molar-refractivity contribution in [3.63, 3.8) is 0 Å². The summed E-state index contributed by atoms with van der Waals surface area (Å²) in [4.78, 5) is 23.9. The molecule has 4 rings (SSSR count). The third-order valence-corrected chi connectivity index (χ3v) is 5.61. The van der Waals surface area contributed by atoms with Gasteiger partial charge >= 0.3 is 0 Å². The summed E-state index contributed by atoms with van der Waals surface area (Å²) in [5.74, 6) is -0.133. The molecule has 1 aromatic carbocycles. The molecule has 0 saturated carbocycles. The molecular weight excluding hydrogens is 358 g/mol. The Kier molecular flexibility index (Phi) is 4.45. The van der Waals surface area contributed by atoms with Crippen LogP contribution < -0.4 is 4.90 Å². The van der Waals surface area contributed by atoms with Gasteiger partial charge in [-0.3, -0.25) is 19.4 Å². The van der Waals surface area contributed by atoms with E-state index in [1.807, 2.05) is 12.1 Å². The first-order valence-corrected chi connectivity index (χ1v) is 9.41. The lowest BCUT2D eigenvalue weighted by atomic mass is 10.1. The number of pyridine rings is 1. The summed E-state index contributed by atoms with van der Waals surface area (Å²) < 4.78 is 2.65. The van der Waals surface area contributed by atoms with Gasteiger partial charge < -0.3 is 0 Å². The van der Waals surface area contributed by atoms with Crippen LogP contribution in [-0.2, 0) is 13.6 Å². The zero-order chi connectivity index (χ0) is 19.0. The fourth-order valence-electron chi connectivity index (χ4n) is 2.91. The number of nitrogens with zero attached hydrogens (tertiary/aromatic N) is 5. The first kappa shape index (κ1) is 17.4. The molecular formula is C20H19N5OS. The largest absolute Gasteiger partial charge is 0.278 e. The predicted octanol–water partition coefficient (Wildman–Crippen LogP) is 3.89. The number of hydrogen-bond acceptors (Lipinski definition) is 5. The SMILES string of the molecule is Cc1cc2nc(N(Cc3cccnc3)C(=O)c3ccnn3C)sc2cc1C. The van der Waals surface area contributed by atoms with E-state index >= 15 is 0 Å². The minimum absolute atomic E-state index is 0.133. The van der Waals surface area contributed by atoms with Gasteiger partial charge in [0.15, 0.2) is 5.13 Å². The molecule has 0 unspecified atom stereocenters. The first-order valence-electron chi connectivity index (χ1n) is 8.59. The van der Waals surface area contributed by atoms with Crippen molar-refractivity contribution in [1.82, 2.24) is 19.7 Å². The minimum Gasteiger partial charge on any atom is -0.278 e. The van der Waals surface area contributed by atoms with Crippen molar-refractivity contribution in [2.45, 2.75) is 20.4 Å². The monoisotopic (exact) mass is 377 g/mol. The van der Waals surface area contributed by atoms with Crippen molar-refractivity contribution in [3.05, 3.63) is 71.3 Å². The molecule has 0 spiro atoms. The molecule has 7 heteroatoms. The van der Waals surface area contributed by atoms with Gasteiger partial charge in [0.1, 0.15) is 5.69 Å². The Morgan fingerprint density at radius 3 is 2.70 bits per heavy atom. The van der Waals surface area contributed by atoms with Gasteiger partial charge in [-0.2, -0.15) is 5.10 Å². The van der Waals surface area contributed by atoms with E-state index in [0.29, 0.717) is 17.4 Å². The summed E-state index contributed by atoms with van der Waals surface area (Å²) in [5.41, 5.74) is 4.78. The second-order valence-electron chi connectivity index (χ2n) is 6.49. The third kappa shape index (κ3) is 3.33. The number of thiazole rings is 1. The number of anilines is 1. The molecule has 1 amide bonds. The van der Waals surface area contributed by atoms with Gasteiger partial charge in [-0.05, 0) is 54.8 Å². The molecule has 0 radical (unpaired) electrons. The normalized spacial score (nSPS) is 11.1. The zero-order valence-corrected chi connectivity index (χ0v) is 16.2. The number of carbonyl (C=O) groups is 1. The topological polar surface area (TPSA) is 63.9 Å². The molecule has 0 aliphatic carbocycles. The number of benzene rings is 1. The van der Waals surface area contributed by atoms with E-state index < -0.39 is 0 Å². The molecule has 136 valence electrons. The summed E-state index contributed by atoms with van der Waals surface area (Å²) in [6.07, 6.45) is 5.12.